The summed E-state index contributed by atoms with van der Waals surface area (Å²) in [6.07, 6.45) is 0. The fourth-order valence-corrected chi connectivity index (χ4v) is 1.17. The van der Waals surface area contributed by atoms with Crippen molar-refractivity contribution < 1.29 is 14.6 Å². The summed E-state index contributed by atoms with van der Waals surface area (Å²) in [6, 6.07) is 3.38. The minimum absolute atomic E-state index is 0.00392. The molecular formula is C9H14N2O3. The summed E-state index contributed by atoms with van der Waals surface area (Å²) < 4.78 is 9.95. The van der Waals surface area contributed by atoms with Crippen LogP contribution in [-0.4, -0.2) is 19.3 Å². The highest BCUT2D eigenvalue weighted by Gasteiger charge is 2.10. The molecule has 4 N–H and O–H groups in total. The summed E-state index contributed by atoms with van der Waals surface area (Å²) in [4.78, 5) is 0. The second kappa shape index (κ2) is 4.69. The second-order valence-corrected chi connectivity index (χ2v) is 2.73. The van der Waals surface area contributed by atoms with Crippen molar-refractivity contribution in [2.24, 2.45) is 5.84 Å². The van der Waals surface area contributed by atoms with Gasteiger partial charge < -0.3 is 14.6 Å². The van der Waals surface area contributed by atoms with E-state index < -0.39 is 0 Å². The van der Waals surface area contributed by atoms with Gasteiger partial charge in [0, 0.05) is 6.54 Å². The molecule has 0 radical (unpaired) electrons. The number of benzene rings is 1. The van der Waals surface area contributed by atoms with Crippen molar-refractivity contribution in [1.82, 2.24) is 5.43 Å². The maximum Gasteiger partial charge on any atom is 0.200 e. The number of ether oxygens (including phenoxy) is 2. The Hall–Kier alpha value is -1.46. The molecule has 0 fully saturated rings. The fourth-order valence-electron chi connectivity index (χ4n) is 1.17. The van der Waals surface area contributed by atoms with E-state index in [1.807, 2.05) is 0 Å². The average molecular weight is 198 g/mol. The normalized spacial score (nSPS) is 9.93. The van der Waals surface area contributed by atoms with Crippen molar-refractivity contribution in [2.45, 2.75) is 6.54 Å². The van der Waals surface area contributed by atoms with Crippen LogP contribution in [0.5, 0.6) is 17.2 Å². The van der Waals surface area contributed by atoms with Gasteiger partial charge in [-0.25, -0.2) is 0 Å². The first-order valence-electron chi connectivity index (χ1n) is 4.10. The van der Waals surface area contributed by atoms with Crippen LogP contribution in [0.4, 0.5) is 0 Å². The minimum atomic E-state index is -0.00392. The van der Waals surface area contributed by atoms with Crippen LogP contribution >= 0.6 is 0 Å². The van der Waals surface area contributed by atoms with Gasteiger partial charge in [0.2, 0.25) is 5.75 Å². The third-order valence-electron chi connectivity index (χ3n) is 1.85. The Balaban J connectivity index is 3.11. The van der Waals surface area contributed by atoms with E-state index in [9.17, 15) is 5.11 Å². The summed E-state index contributed by atoms with van der Waals surface area (Å²) in [7, 11) is 2.96. The molecule has 1 aromatic carbocycles. The Morgan fingerprint density at radius 1 is 1.29 bits per heavy atom. The zero-order valence-corrected chi connectivity index (χ0v) is 8.20. The Morgan fingerprint density at radius 2 is 1.79 bits per heavy atom. The van der Waals surface area contributed by atoms with E-state index >= 15 is 0 Å². The van der Waals surface area contributed by atoms with E-state index in [1.54, 1.807) is 12.1 Å². The zero-order chi connectivity index (χ0) is 10.6. The topological polar surface area (TPSA) is 76.7 Å². The molecule has 0 unspecified atom stereocenters. The third-order valence-corrected chi connectivity index (χ3v) is 1.85. The van der Waals surface area contributed by atoms with E-state index in [0.29, 0.717) is 18.0 Å². The van der Waals surface area contributed by atoms with Gasteiger partial charge in [0.1, 0.15) is 0 Å². The highest BCUT2D eigenvalue weighted by Crippen LogP contribution is 2.36. The van der Waals surface area contributed by atoms with Crippen molar-refractivity contribution in [3.63, 3.8) is 0 Å². The van der Waals surface area contributed by atoms with Gasteiger partial charge >= 0.3 is 0 Å². The smallest absolute Gasteiger partial charge is 0.200 e. The molecule has 0 saturated carbocycles. The lowest BCUT2D eigenvalue weighted by Crippen LogP contribution is -2.20. The first-order chi connectivity index (χ1) is 6.72. The van der Waals surface area contributed by atoms with Crippen molar-refractivity contribution in [2.75, 3.05) is 14.2 Å². The SMILES string of the molecule is COc1cc(CNN)cc(OC)c1O. The van der Waals surface area contributed by atoms with Crippen LogP contribution in [0, 0.1) is 0 Å². The van der Waals surface area contributed by atoms with Crippen LogP contribution in [0.1, 0.15) is 5.56 Å². The van der Waals surface area contributed by atoms with Crippen LogP contribution in [0.15, 0.2) is 12.1 Å². The molecular weight excluding hydrogens is 184 g/mol. The van der Waals surface area contributed by atoms with Crippen molar-refractivity contribution in [1.29, 1.82) is 0 Å². The van der Waals surface area contributed by atoms with Crippen LogP contribution in [0.2, 0.25) is 0 Å². The van der Waals surface area contributed by atoms with E-state index in [1.165, 1.54) is 14.2 Å². The summed E-state index contributed by atoms with van der Waals surface area (Å²) in [5.74, 6) is 5.92. The zero-order valence-electron chi connectivity index (χ0n) is 8.20. The molecule has 78 valence electrons. The van der Waals surface area contributed by atoms with E-state index in [4.69, 9.17) is 15.3 Å². The number of rotatable bonds is 4. The largest absolute Gasteiger partial charge is 0.502 e. The quantitative estimate of drug-likeness (QED) is 0.481. The Morgan fingerprint density at radius 3 is 2.14 bits per heavy atom. The predicted octanol–water partition coefficient (Wildman–Crippen LogP) is 0.373. The van der Waals surface area contributed by atoms with Crippen molar-refractivity contribution in [3.05, 3.63) is 17.7 Å². The first-order valence-corrected chi connectivity index (χ1v) is 4.10. The molecule has 0 spiro atoms. The number of phenols is 1. The number of hydrogen-bond acceptors (Lipinski definition) is 5. The number of nitrogens with one attached hydrogen (secondary N) is 1. The lowest BCUT2D eigenvalue weighted by Gasteiger charge is -2.10. The molecule has 0 atom stereocenters. The van der Waals surface area contributed by atoms with Gasteiger partial charge in [-0.3, -0.25) is 11.3 Å². The number of hydrogen-bond donors (Lipinski definition) is 3. The fraction of sp³-hybridized carbons (Fsp3) is 0.333. The molecule has 5 nitrogen and oxygen atoms in total. The summed E-state index contributed by atoms with van der Waals surface area (Å²) in [6.45, 7) is 0.479. The molecule has 0 amide bonds. The molecule has 0 saturated heterocycles. The lowest BCUT2D eigenvalue weighted by molar-refractivity contribution is 0.339. The summed E-state index contributed by atoms with van der Waals surface area (Å²) >= 11 is 0. The average Bonchev–Trinajstić information content (AvgIpc) is 2.20. The van der Waals surface area contributed by atoms with Crippen molar-refractivity contribution in [3.8, 4) is 17.2 Å². The number of nitrogens with two attached hydrogens (primary N) is 1. The first kappa shape index (κ1) is 10.6. The van der Waals surface area contributed by atoms with Gasteiger partial charge in [-0.15, -0.1) is 0 Å². The van der Waals surface area contributed by atoms with Gasteiger partial charge in [-0.05, 0) is 17.7 Å². The maximum absolute atomic E-state index is 9.58. The molecule has 0 aliphatic heterocycles. The minimum Gasteiger partial charge on any atom is -0.502 e. The van der Waals surface area contributed by atoms with Crippen molar-refractivity contribution >= 4 is 0 Å². The monoisotopic (exact) mass is 198 g/mol. The van der Waals surface area contributed by atoms with Gasteiger partial charge in [0.25, 0.3) is 0 Å². The molecule has 0 aliphatic carbocycles. The highest BCUT2D eigenvalue weighted by molar-refractivity contribution is 5.52. The van der Waals surface area contributed by atoms with Crippen LogP contribution in [-0.2, 0) is 6.54 Å². The van der Waals surface area contributed by atoms with Gasteiger partial charge in [-0.1, -0.05) is 0 Å². The molecule has 5 heteroatoms. The molecule has 0 aliphatic rings. The Labute approximate surface area is 82.4 Å². The van der Waals surface area contributed by atoms with Gasteiger partial charge in [0.05, 0.1) is 14.2 Å². The number of phenolic OH excluding ortho intramolecular Hbond substituents is 1. The summed E-state index contributed by atoms with van der Waals surface area (Å²) in [5, 5.41) is 9.58. The second-order valence-electron chi connectivity index (χ2n) is 2.73. The predicted molar refractivity (Wildman–Crippen MR) is 52.2 cm³/mol. The molecule has 1 aromatic rings. The number of hydrazine groups is 1. The molecule has 14 heavy (non-hydrogen) atoms. The van der Waals surface area contributed by atoms with Gasteiger partial charge in [0.15, 0.2) is 11.5 Å². The van der Waals surface area contributed by atoms with Crippen LogP contribution < -0.4 is 20.7 Å². The lowest BCUT2D eigenvalue weighted by atomic mass is 10.2. The van der Waals surface area contributed by atoms with Crippen LogP contribution in [0.3, 0.4) is 0 Å². The standard InChI is InChI=1S/C9H14N2O3/c1-13-7-3-6(5-11-10)4-8(14-2)9(7)12/h3-4,11-12H,5,10H2,1-2H3. The van der Waals surface area contributed by atoms with Gasteiger partial charge in [-0.2, -0.15) is 0 Å². The Kier molecular flexibility index (Phi) is 3.55. The number of aromatic hydroxyl groups is 1. The Bertz CT molecular complexity index is 290. The van der Waals surface area contributed by atoms with E-state index in [2.05, 4.69) is 5.43 Å². The highest BCUT2D eigenvalue weighted by atomic mass is 16.5. The number of methoxy groups -OCH3 is 2. The van der Waals surface area contributed by atoms with E-state index in [0.717, 1.165) is 5.56 Å². The third kappa shape index (κ3) is 2.07. The molecule has 1 rings (SSSR count). The molecule has 0 bridgehead atoms. The molecule has 0 aromatic heterocycles. The van der Waals surface area contributed by atoms with E-state index in [-0.39, 0.29) is 5.75 Å². The molecule has 0 heterocycles. The maximum atomic E-state index is 9.58. The van der Waals surface area contributed by atoms with Crippen LogP contribution in [0.25, 0.3) is 0 Å². The summed E-state index contributed by atoms with van der Waals surface area (Å²) in [5.41, 5.74) is 3.39.